The molecule has 1 fully saturated rings. The van der Waals surface area contributed by atoms with Gasteiger partial charge in [0.15, 0.2) is 6.29 Å². The van der Waals surface area contributed by atoms with Gasteiger partial charge in [-0.25, -0.2) is 0 Å². The van der Waals surface area contributed by atoms with Gasteiger partial charge in [-0.1, -0.05) is 13.3 Å². The Balaban J connectivity index is 1.97. The first-order valence-electron chi connectivity index (χ1n) is 4.64. The molecule has 0 spiro atoms. The van der Waals surface area contributed by atoms with Crippen LogP contribution in [0.2, 0.25) is 0 Å². The fourth-order valence-corrected chi connectivity index (χ4v) is 1.39. The molecule has 1 N–H and O–H groups in total. The van der Waals surface area contributed by atoms with E-state index in [9.17, 15) is 0 Å². The summed E-state index contributed by atoms with van der Waals surface area (Å²) in [7, 11) is 0. The van der Waals surface area contributed by atoms with Crippen LogP contribution in [0.4, 0.5) is 0 Å². The molecule has 0 radical (unpaired) electrons. The number of aryl methyl sites for hydroxylation is 1. The van der Waals surface area contributed by atoms with Crippen LogP contribution >= 0.6 is 0 Å². The van der Waals surface area contributed by atoms with Gasteiger partial charge in [0.2, 0.25) is 6.29 Å². The van der Waals surface area contributed by atoms with Gasteiger partial charge in [-0.2, -0.15) is 5.10 Å². The van der Waals surface area contributed by atoms with Gasteiger partial charge in [-0.15, -0.1) is 0 Å². The lowest BCUT2D eigenvalue weighted by Crippen LogP contribution is -2.31. The smallest absolute Gasteiger partial charge is 0.205 e. The molecule has 1 saturated heterocycles. The molecule has 0 atom stereocenters. The number of ether oxygens (including phenoxy) is 2. The number of hydrogen-bond acceptors (Lipinski definition) is 3. The Kier molecular flexibility index (Phi) is 2.33. The van der Waals surface area contributed by atoms with Crippen molar-refractivity contribution < 1.29 is 9.47 Å². The summed E-state index contributed by atoms with van der Waals surface area (Å²) in [5.74, 6) is 0. The van der Waals surface area contributed by atoms with E-state index < -0.39 is 0 Å². The maximum absolute atomic E-state index is 5.32. The number of aromatic amines is 1. The minimum Gasteiger partial charge on any atom is -0.318 e. The van der Waals surface area contributed by atoms with Gasteiger partial charge in [-0.3, -0.25) is 5.10 Å². The average Bonchev–Trinajstić information content (AvgIpc) is 2.48. The second-order valence-corrected chi connectivity index (χ2v) is 3.24. The van der Waals surface area contributed by atoms with Gasteiger partial charge in [0.1, 0.15) is 0 Å². The first kappa shape index (κ1) is 8.72. The Morgan fingerprint density at radius 1 is 1.54 bits per heavy atom. The molecule has 1 aromatic heterocycles. The molecule has 13 heavy (non-hydrogen) atoms. The fourth-order valence-electron chi connectivity index (χ4n) is 1.39. The van der Waals surface area contributed by atoms with Crippen LogP contribution in [0.15, 0.2) is 6.07 Å². The third kappa shape index (κ3) is 1.73. The normalized spacial score (nSPS) is 27.2. The van der Waals surface area contributed by atoms with Crippen molar-refractivity contribution >= 4 is 0 Å². The molecule has 0 aliphatic carbocycles. The summed E-state index contributed by atoms with van der Waals surface area (Å²) < 4.78 is 10.6. The molecule has 72 valence electrons. The van der Waals surface area contributed by atoms with Crippen molar-refractivity contribution in [2.75, 3.05) is 0 Å². The van der Waals surface area contributed by atoms with Crippen LogP contribution in [0.5, 0.6) is 0 Å². The molecule has 0 unspecified atom stereocenters. The molecular weight excluding hydrogens is 168 g/mol. The van der Waals surface area contributed by atoms with Crippen LogP contribution in [-0.4, -0.2) is 16.5 Å². The standard InChI is InChI=1S/C9H14N2O2/c1-3-4-7-5-8(11-10-7)9-12-6(2)13-9/h5-6,9H,3-4H2,1-2H3,(H,10,11). The molecule has 1 aliphatic heterocycles. The number of nitrogens with zero attached hydrogens (tertiary/aromatic N) is 1. The van der Waals surface area contributed by atoms with Crippen LogP contribution in [0, 0.1) is 0 Å². The minimum atomic E-state index is -0.229. The summed E-state index contributed by atoms with van der Waals surface area (Å²) in [5.41, 5.74) is 1.99. The molecule has 0 amide bonds. The monoisotopic (exact) mass is 182 g/mol. The summed E-state index contributed by atoms with van der Waals surface area (Å²) in [6, 6.07) is 2.00. The lowest BCUT2D eigenvalue weighted by molar-refractivity contribution is -0.383. The van der Waals surface area contributed by atoms with E-state index in [2.05, 4.69) is 17.1 Å². The fraction of sp³-hybridized carbons (Fsp3) is 0.667. The number of rotatable bonds is 3. The zero-order chi connectivity index (χ0) is 9.26. The van der Waals surface area contributed by atoms with Crippen LogP contribution in [0.25, 0.3) is 0 Å². The summed E-state index contributed by atoms with van der Waals surface area (Å²) in [5, 5.41) is 7.06. The van der Waals surface area contributed by atoms with Crippen molar-refractivity contribution in [3.05, 3.63) is 17.5 Å². The van der Waals surface area contributed by atoms with Gasteiger partial charge in [0, 0.05) is 0 Å². The molecule has 1 aliphatic rings. The van der Waals surface area contributed by atoms with E-state index >= 15 is 0 Å². The van der Waals surface area contributed by atoms with Gasteiger partial charge < -0.3 is 9.47 Å². The van der Waals surface area contributed by atoms with Gasteiger partial charge in [0.25, 0.3) is 0 Å². The van der Waals surface area contributed by atoms with E-state index in [0.717, 1.165) is 24.2 Å². The van der Waals surface area contributed by atoms with Crippen molar-refractivity contribution in [1.29, 1.82) is 0 Å². The van der Waals surface area contributed by atoms with Crippen molar-refractivity contribution in [3.8, 4) is 0 Å². The summed E-state index contributed by atoms with van der Waals surface area (Å²) in [4.78, 5) is 0. The second-order valence-electron chi connectivity index (χ2n) is 3.24. The van der Waals surface area contributed by atoms with Crippen molar-refractivity contribution in [2.45, 2.75) is 39.3 Å². The molecular formula is C9H14N2O2. The zero-order valence-electron chi connectivity index (χ0n) is 7.91. The minimum absolute atomic E-state index is 0.0806. The van der Waals surface area contributed by atoms with Crippen LogP contribution in [0.1, 0.15) is 37.9 Å². The van der Waals surface area contributed by atoms with Crippen molar-refractivity contribution in [3.63, 3.8) is 0 Å². The molecule has 2 heterocycles. The third-order valence-electron chi connectivity index (χ3n) is 2.04. The molecule has 0 aromatic carbocycles. The highest BCUT2D eigenvalue weighted by atomic mass is 16.9. The van der Waals surface area contributed by atoms with Crippen molar-refractivity contribution in [2.24, 2.45) is 0 Å². The molecule has 4 heteroatoms. The molecule has 0 saturated carbocycles. The molecule has 0 bridgehead atoms. The molecule has 4 nitrogen and oxygen atoms in total. The van der Waals surface area contributed by atoms with Gasteiger partial charge >= 0.3 is 0 Å². The Labute approximate surface area is 77.2 Å². The Hall–Kier alpha value is -0.870. The highest BCUT2D eigenvalue weighted by molar-refractivity contribution is 5.10. The Morgan fingerprint density at radius 3 is 2.92 bits per heavy atom. The third-order valence-corrected chi connectivity index (χ3v) is 2.04. The Morgan fingerprint density at radius 2 is 2.31 bits per heavy atom. The summed E-state index contributed by atoms with van der Waals surface area (Å²) in [6.45, 7) is 4.01. The van der Waals surface area contributed by atoms with E-state index in [0.29, 0.717) is 0 Å². The lowest BCUT2D eigenvalue weighted by Gasteiger charge is -2.32. The maximum Gasteiger partial charge on any atom is 0.205 e. The lowest BCUT2D eigenvalue weighted by atomic mass is 10.2. The number of H-pyrrole nitrogens is 1. The summed E-state index contributed by atoms with van der Waals surface area (Å²) >= 11 is 0. The predicted molar refractivity (Wildman–Crippen MR) is 47.0 cm³/mol. The second kappa shape index (κ2) is 3.47. The average molecular weight is 182 g/mol. The van der Waals surface area contributed by atoms with Crippen LogP contribution in [-0.2, 0) is 15.9 Å². The first-order chi connectivity index (χ1) is 6.29. The highest BCUT2D eigenvalue weighted by Crippen LogP contribution is 2.30. The van der Waals surface area contributed by atoms with E-state index in [1.54, 1.807) is 0 Å². The summed E-state index contributed by atoms with van der Waals surface area (Å²) in [6.07, 6.45) is 1.79. The topological polar surface area (TPSA) is 47.1 Å². The zero-order valence-corrected chi connectivity index (χ0v) is 7.91. The van der Waals surface area contributed by atoms with E-state index in [4.69, 9.17) is 9.47 Å². The van der Waals surface area contributed by atoms with E-state index in [1.165, 1.54) is 0 Å². The van der Waals surface area contributed by atoms with Crippen LogP contribution < -0.4 is 0 Å². The Bertz CT molecular complexity index is 279. The van der Waals surface area contributed by atoms with Gasteiger partial charge in [-0.05, 0) is 19.4 Å². The van der Waals surface area contributed by atoms with E-state index in [1.807, 2.05) is 13.0 Å². The molecule has 2 rings (SSSR count). The molecule has 1 aromatic rings. The van der Waals surface area contributed by atoms with Gasteiger partial charge in [0.05, 0.1) is 11.4 Å². The maximum atomic E-state index is 5.32. The number of aromatic nitrogens is 2. The van der Waals surface area contributed by atoms with Crippen LogP contribution in [0.3, 0.4) is 0 Å². The quantitative estimate of drug-likeness (QED) is 0.774. The number of nitrogens with one attached hydrogen (secondary N) is 1. The van der Waals surface area contributed by atoms with Crippen molar-refractivity contribution in [1.82, 2.24) is 10.2 Å². The predicted octanol–water partition coefficient (Wildman–Crippen LogP) is 1.75. The first-order valence-corrected chi connectivity index (χ1v) is 4.64. The largest absolute Gasteiger partial charge is 0.318 e. The number of hydrogen-bond donors (Lipinski definition) is 1. The van der Waals surface area contributed by atoms with E-state index in [-0.39, 0.29) is 12.6 Å². The SMILES string of the molecule is CCCc1cc(C2OC(C)O2)[nH]n1. The highest BCUT2D eigenvalue weighted by Gasteiger charge is 2.29.